The van der Waals surface area contributed by atoms with Crippen LogP contribution in [0, 0.1) is 0 Å². The summed E-state index contributed by atoms with van der Waals surface area (Å²) in [5.41, 5.74) is 2.30. The summed E-state index contributed by atoms with van der Waals surface area (Å²) in [7, 11) is 2.10. The van der Waals surface area contributed by atoms with E-state index >= 15 is 0 Å². The zero-order chi connectivity index (χ0) is 14.3. The van der Waals surface area contributed by atoms with E-state index in [1.807, 2.05) is 12.1 Å². The summed E-state index contributed by atoms with van der Waals surface area (Å²) < 4.78 is 0. The molecule has 3 nitrogen and oxygen atoms in total. The van der Waals surface area contributed by atoms with Crippen molar-refractivity contribution in [2.24, 2.45) is 0 Å². The van der Waals surface area contributed by atoms with Crippen molar-refractivity contribution in [1.29, 1.82) is 0 Å². The molecule has 0 heterocycles. The maximum atomic E-state index is 10.1. The van der Waals surface area contributed by atoms with Crippen molar-refractivity contribution in [2.45, 2.75) is 32.8 Å². The molecule has 0 saturated carbocycles. The molecule has 1 unspecified atom stereocenters. The third-order valence-corrected chi connectivity index (χ3v) is 3.54. The average Bonchev–Trinajstić information content (AvgIpc) is 2.43. The smallest absolute Gasteiger partial charge is 0.0914 e. The Bertz CT molecular complexity index is 348. The summed E-state index contributed by atoms with van der Waals surface area (Å²) in [5, 5.41) is 13.4. The maximum Gasteiger partial charge on any atom is 0.0914 e. The molecule has 0 bridgehead atoms. The van der Waals surface area contributed by atoms with E-state index in [1.165, 1.54) is 5.56 Å². The van der Waals surface area contributed by atoms with E-state index in [-0.39, 0.29) is 0 Å². The van der Waals surface area contributed by atoms with Crippen LogP contribution in [0.5, 0.6) is 0 Å². The molecule has 1 aromatic carbocycles. The molecule has 108 valence electrons. The van der Waals surface area contributed by atoms with Gasteiger partial charge in [0.1, 0.15) is 0 Å². The monoisotopic (exact) mass is 264 g/mol. The first-order valence-corrected chi connectivity index (χ1v) is 7.21. The number of nitrogens with one attached hydrogen (secondary N) is 1. The maximum absolute atomic E-state index is 10.1. The van der Waals surface area contributed by atoms with E-state index in [1.54, 1.807) is 0 Å². The Labute approximate surface area is 117 Å². The van der Waals surface area contributed by atoms with Crippen LogP contribution >= 0.6 is 0 Å². The van der Waals surface area contributed by atoms with Crippen molar-refractivity contribution in [3.63, 3.8) is 0 Å². The second-order valence-electron chi connectivity index (χ2n) is 5.44. The minimum Gasteiger partial charge on any atom is -0.387 e. The van der Waals surface area contributed by atoms with Gasteiger partial charge >= 0.3 is 0 Å². The van der Waals surface area contributed by atoms with Crippen molar-refractivity contribution in [3.8, 4) is 0 Å². The third kappa shape index (κ3) is 5.72. The van der Waals surface area contributed by atoms with Gasteiger partial charge in [-0.25, -0.2) is 0 Å². The number of aliphatic hydroxyl groups excluding tert-OH is 1. The molecule has 2 N–H and O–H groups in total. The van der Waals surface area contributed by atoms with Gasteiger partial charge < -0.3 is 15.3 Å². The van der Waals surface area contributed by atoms with Gasteiger partial charge in [0, 0.05) is 19.6 Å². The number of aliphatic hydroxyl groups is 1. The normalized spacial score (nSPS) is 13.2. The van der Waals surface area contributed by atoms with E-state index in [4.69, 9.17) is 0 Å². The van der Waals surface area contributed by atoms with E-state index in [0.29, 0.717) is 12.5 Å². The molecule has 19 heavy (non-hydrogen) atoms. The lowest BCUT2D eigenvalue weighted by Gasteiger charge is -2.16. The number of likely N-dealkylation sites (N-methyl/N-ethyl adjacent to an activating group) is 1. The van der Waals surface area contributed by atoms with E-state index in [0.717, 1.165) is 25.2 Å². The molecule has 1 atom stereocenters. The molecule has 0 aliphatic heterocycles. The Balaban J connectivity index is 2.34. The molecule has 3 heteroatoms. The Morgan fingerprint density at radius 1 is 1.16 bits per heavy atom. The van der Waals surface area contributed by atoms with Crippen LogP contribution in [0.2, 0.25) is 0 Å². The summed E-state index contributed by atoms with van der Waals surface area (Å²) >= 11 is 0. The molecule has 0 radical (unpaired) electrons. The molecule has 0 spiro atoms. The molecule has 0 saturated heterocycles. The van der Waals surface area contributed by atoms with Crippen LogP contribution in [0.15, 0.2) is 24.3 Å². The SMILES string of the molecule is CCN(C)CCNCC(O)c1ccc(C(C)C)cc1. The van der Waals surface area contributed by atoms with Crippen LogP contribution in [0.4, 0.5) is 0 Å². The van der Waals surface area contributed by atoms with Gasteiger partial charge in [-0.05, 0) is 30.6 Å². The summed E-state index contributed by atoms with van der Waals surface area (Å²) in [6, 6.07) is 8.27. The largest absolute Gasteiger partial charge is 0.387 e. The van der Waals surface area contributed by atoms with Gasteiger partial charge in [-0.1, -0.05) is 45.0 Å². The van der Waals surface area contributed by atoms with Crippen LogP contribution in [0.1, 0.15) is 43.9 Å². The lowest BCUT2D eigenvalue weighted by atomic mass is 10.00. The van der Waals surface area contributed by atoms with Crippen molar-refractivity contribution >= 4 is 0 Å². The number of rotatable bonds is 8. The van der Waals surface area contributed by atoms with Crippen LogP contribution in [0.3, 0.4) is 0 Å². The number of nitrogens with zero attached hydrogens (tertiary/aromatic N) is 1. The minimum absolute atomic E-state index is 0.423. The first-order chi connectivity index (χ1) is 9.04. The quantitative estimate of drug-likeness (QED) is 0.708. The average molecular weight is 264 g/mol. The van der Waals surface area contributed by atoms with Crippen LogP contribution in [-0.4, -0.2) is 43.2 Å². The fourth-order valence-corrected chi connectivity index (χ4v) is 1.89. The molecule has 1 aromatic rings. The van der Waals surface area contributed by atoms with E-state index in [9.17, 15) is 5.11 Å². The molecule has 0 aliphatic rings. The Hall–Kier alpha value is -0.900. The second kappa shape index (κ2) is 8.31. The number of hydrogen-bond donors (Lipinski definition) is 2. The predicted molar refractivity (Wildman–Crippen MR) is 81.5 cm³/mol. The van der Waals surface area contributed by atoms with Gasteiger partial charge in [-0.3, -0.25) is 0 Å². The molecule has 0 amide bonds. The summed E-state index contributed by atoms with van der Waals surface area (Å²) in [5.74, 6) is 0.536. The fraction of sp³-hybridized carbons (Fsp3) is 0.625. The van der Waals surface area contributed by atoms with Crippen molar-refractivity contribution < 1.29 is 5.11 Å². The minimum atomic E-state index is -0.423. The highest BCUT2D eigenvalue weighted by molar-refractivity contribution is 5.26. The number of benzene rings is 1. The van der Waals surface area contributed by atoms with Gasteiger partial charge in [-0.15, -0.1) is 0 Å². The Kier molecular flexibility index (Phi) is 7.06. The van der Waals surface area contributed by atoms with E-state index < -0.39 is 6.10 Å². The summed E-state index contributed by atoms with van der Waals surface area (Å²) in [4.78, 5) is 2.25. The molecular weight excluding hydrogens is 236 g/mol. The highest BCUT2D eigenvalue weighted by Crippen LogP contribution is 2.18. The van der Waals surface area contributed by atoms with E-state index in [2.05, 4.69) is 50.2 Å². The number of hydrogen-bond acceptors (Lipinski definition) is 3. The Morgan fingerprint density at radius 2 is 1.74 bits per heavy atom. The summed E-state index contributed by atoms with van der Waals surface area (Å²) in [6.45, 7) is 10.1. The predicted octanol–water partition coefficient (Wildman–Crippen LogP) is 2.38. The van der Waals surface area contributed by atoms with Crippen molar-refractivity contribution in [3.05, 3.63) is 35.4 Å². The van der Waals surface area contributed by atoms with Crippen LogP contribution < -0.4 is 5.32 Å². The molecule has 0 aromatic heterocycles. The highest BCUT2D eigenvalue weighted by atomic mass is 16.3. The fourth-order valence-electron chi connectivity index (χ4n) is 1.89. The molecule has 0 aliphatic carbocycles. The zero-order valence-corrected chi connectivity index (χ0v) is 12.7. The van der Waals surface area contributed by atoms with Gasteiger partial charge in [0.15, 0.2) is 0 Å². The van der Waals surface area contributed by atoms with Gasteiger partial charge in [0.05, 0.1) is 6.10 Å². The lowest BCUT2D eigenvalue weighted by molar-refractivity contribution is 0.173. The molecule has 1 rings (SSSR count). The topological polar surface area (TPSA) is 35.5 Å². The molecular formula is C16H28N2O. The van der Waals surface area contributed by atoms with Gasteiger partial charge in [0.25, 0.3) is 0 Å². The zero-order valence-electron chi connectivity index (χ0n) is 12.7. The first-order valence-electron chi connectivity index (χ1n) is 7.21. The van der Waals surface area contributed by atoms with Crippen LogP contribution in [-0.2, 0) is 0 Å². The summed E-state index contributed by atoms with van der Waals surface area (Å²) in [6.07, 6.45) is -0.423. The van der Waals surface area contributed by atoms with Crippen molar-refractivity contribution in [2.75, 3.05) is 33.2 Å². The van der Waals surface area contributed by atoms with Crippen LogP contribution in [0.25, 0.3) is 0 Å². The van der Waals surface area contributed by atoms with Crippen molar-refractivity contribution in [1.82, 2.24) is 10.2 Å². The Morgan fingerprint density at radius 3 is 2.26 bits per heavy atom. The second-order valence-corrected chi connectivity index (χ2v) is 5.44. The molecule has 0 fully saturated rings. The standard InChI is InChI=1S/C16H28N2O/c1-5-18(4)11-10-17-12-16(19)15-8-6-14(7-9-15)13(2)3/h6-9,13,16-17,19H,5,10-12H2,1-4H3. The highest BCUT2D eigenvalue weighted by Gasteiger charge is 2.07. The lowest BCUT2D eigenvalue weighted by Crippen LogP contribution is -2.31. The van der Waals surface area contributed by atoms with Gasteiger partial charge in [0.2, 0.25) is 0 Å². The third-order valence-electron chi connectivity index (χ3n) is 3.54. The first kappa shape index (κ1) is 16.2. The van der Waals surface area contributed by atoms with Gasteiger partial charge in [-0.2, -0.15) is 0 Å².